The molecule has 0 fully saturated rings. The molecule has 0 bridgehead atoms. The number of phenols is 1. The van der Waals surface area contributed by atoms with Crippen LogP contribution in [0.5, 0.6) is 17.2 Å². The van der Waals surface area contributed by atoms with Crippen molar-refractivity contribution in [1.29, 1.82) is 0 Å². The van der Waals surface area contributed by atoms with Gasteiger partial charge in [-0.15, -0.1) is 12.4 Å². The van der Waals surface area contributed by atoms with Crippen LogP contribution < -0.4 is 14.8 Å². The Balaban J connectivity index is 0.00000156. The summed E-state index contributed by atoms with van der Waals surface area (Å²) in [5.41, 5.74) is 5.70. The number of hydrogen-bond donors (Lipinski definition) is 2. The van der Waals surface area contributed by atoms with Gasteiger partial charge in [0, 0.05) is 17.2 Å². The maximum atomic E-state index is 10.4. The molecule has 2 aromatic carbocycles. The molecule has 0 radical (unpaired) electrons. The average molecular weight is 334 g/mol. The van der Waals surface area contributed by atoms with Gasteiger partial charge in [-0.1, -0.05) is 12.1 Å². The van der Waals surface area contributed by atoms with Crippen molar-refractivity contribution in [3.05, 3.63) is 41.0 Å². The van der Waals surface area contributed by atoms with E-state index in [9.17, 15) is 5.11 Å². The minimum atomic E-state index is 0. The predicted molar refractivity (Wildman–Crippen MR) is 92.0 cm³/mol. The fraction of sp³-hybridized carbons (Fsp3) is 0.333. The van der Waals surface area contributed by atoms with Crippen LogP contribution >= 0.6 is 12.4 Å². The van der Waals surface area contributed by atoms with Crippen molar-refractivity contribution in [2.24, 2.45) is 0 Å². The molecule has 23 heavy (non-hydrogen) atoms. The molecule has 0 saturated heterocycles. The van der Waals surface area contributed by atoms with Gasteiger partial charge in [-0.25, -0.2) is 0 Å². The summed E-state index contributed by atoms with van der Waals surface area (Å²) in [6.07, 6.45) is 1.85. The maximum absolute atomic E-state index is 10.4. The lowest BCUT2D eigenvalue weighted by molar-refractivity contribution is 0.369. The van der Waals surface area contributed by atoms with Gasteiger partial charge in [-0.2, -0.15) is 0 Å². The number of phenolic OH excluding ortho intramolecular Hbond substituents is 1. The van der Waals surface area contributed by atoms with Crippen molar-refractivity contribution in [3.8, 4) is 28.4 Å². The highest BCUT2D eigenvalue weighted by Crippen LogP contribution is 2.52. The second-order valence-corrected chi connectivity index (χ2v) is 5.83. The number of benzene rings is 2. The lowest BCUT2D eigenvalue weighted by Crippen LogP contribution is -2.33. The van der Waals surface area contributed by atoms with Gasteiger partial charge in [-0.05, 0) is 48.2 Å². The van der Waals surface area contributed by atoms with Crippen LogP contribution in [0.4, 0.5) is 0 Å². The zero-order valence-corrected chi connectivity index (χ0v) is 14.0. The summed E-state index contributed by atoms with van der Waals surface area (Å²) < 4.78 is 11.1. The molecular formula is C18H20ClNO3. The van der Waals surface area contributed by atoms with Gasteiger partial charge >= 0.3 is 0 Å². The summed E-state index contributed by atoms with van der Waals surface area (Å²) in [6, 6.07) is 8.23. The van der Waals surface area contributed by atoms with Gasteiger partial charge in [0.2, 0.25) is 0 Å². The molecule has 2 aromatic rings. The topological polar surface area (TPSA) is 50.7 Å². The predicted octanol–water partition coefficient (Wildman–Crippen LogP) is 3.24. The monoisotopic (exact) mass is 333 g/mol. The van der Waals surface area contributed by atoms with Crippen molar-refractivity contribution in [2.75, 3.05) is 20.8 Å². The van der Waals surface area contributed by atoms with Gasteiger partial charge in [0.05, 0.1) is 14.2 Å². The molecule has 0 aromatic heterocycles. The number of nitrogens with one attached hydrogen (secondary N) is 1. The van der Waals surface area contributed by atoms with Gasteiger partial charge in [0.1, 0.15) is 5.75 Å². The van der Waals surface area contributed by atoms with E-state index in [2.05, 4.69) is 11.4 Å². The Morgan fingerprint density at radius 1 is 1.13 bits per heavy atom. The molecule has 2 aliphatic rings. The Morgan fingerprint density at radius 3 is 2.70 bits per heavy atom. The Labute approximate surface area is 141 Å². The third-order valence-corrected chi connectivity index (χ3v) is 4.73. The fourth-order valence-electron chi connectivity index (χ4n) is 3.86. The van der Waals surface area contributed by atoms with E-state index >= 15 is 0 Å². The molecule has 122 valence electrons. The van der Waals surface area contributed by atoms with Crippen molar-refractivity contribution < 1.29 is 14.6 Å². The lowest BCUT2D eigenvalue weighted by atomic mass is 9.77. The second kappa shape index (κ2) is 5.95. The second-order valence-electron chi connectivity index (χ2n) is 5.83. The van der Waals surface area contributed by atoms with E-state index in [0.717, 1.165) is 36.3 Å². The van der Waals surface area contributed by atoms with Crippen LogP contribution in [0.25, 0.3) is 11.1 Å². The minimum Gasteiger partial charge on any atom is -0.504 e. The van der Waals surface area contributed by atoms with E-state index in [-0.39, 0.29) is 24.2 Å². The first-order valence-corrected chi connectivity index (χ1v) is 7.57. The van der Waals surface area contributed by atoms with Crippen LogP contribution in [0.1, 0.15) is 22.7 Å². The van der Waals surface area contributed by atoms with E-state index < -0.39 is 0 Å². The van der Waals surface area contributed by atoms with Gasteiger partial charge in [0.15, 0.2) is 11.5 Å². The normalized spacial score (nSPS) is 17.6. The Bertz CT molecular complexity index is 760. The summed E-state index contributed by atoms with van der Waals surface area (Å²) in [5, 5.41) is 14.0. The highest BCUT2D eigenvalue weighted by molar-refractivity contribution is 5.87. The number of halogens is 1. The Morgan fingerprint density at radius 2 is 1.96 bits per heavy atom. The molecule has 1 aliphatic carbocycles. The summed E-state index contributed by atoms with van der Waals surface area (Å²) in [7, 11) is 3.29. The van der Waals surface area contributed by atoms with Crippen LogP contribution in [0, 0.1) is 0 Å². The molecule has 5 heteroatoms. The number of hydrogen-bond acceptors (Lipinski definition) is 4. The molecule has 0 spiro atoms. The van der Waals surface area contributed by atoms with Crippen molar-refractivity contribution >= 4 is 12.4 Å². The molecular weight excluding hydrogens is 314 g/mol. The number of ether oxygens (including phenoxy) is 2. The first kappa shape index (κ1) is 16.0. The summed E-state index contributed by atoms with van der Waals surface area (Å²) in [5.74, 6) is 1.57. The van der Waals surface area contributed by atoms with Crippen molar-refractivity contribution in [1.82, 2.24) is 5.32 Å². The third kappa shape index (κ3) is 2.25. The maximum Gasteiger partial charge on any atom is 0.168 e. The molecule has 2 N–H and O–H groups in total. The van der Waals surface area contributed by atoms with Gasteiger partial charge in [0.25, 0.3) is 0 Å². The van der Waals surface area contributed by atoms with E-state index in [0.29, 0.717) is 5.75 Å². The molecule has 1 heterocycles. The minimum absolute atomic E-state index is 0. The van der Waals surface area contributed by atoms with E-state index in [1.165, 1.54) is 16.7 Å². The number of fused-ring (bicyclic) bond motifs is 2. The van der Waals surface area contributed by atoms with Crippen LogP contribution in [-0.2, 0) is 12.8 Å². The summed E-state index contributed by atoms with van der Waals surface area (Å²) in [4.78, 5) is 0. The molecule has 1 aliphatic heterocycles. The van der Waals surface area contributed by atoms with Crippen LogP contribution in [0.3, 0.4) is 0 Å². The molecule has 4 nitrogen and oxygen atoms in total. The Kier molecular flexibility index (Phi) is 4.13. The fourth-order valence-corrected chi connectivity index (χ4v) is 3.86. The van der Waals surface area contributed by atoms with Gasteiger partial charge in [-0.3, -0.25) is 0 Å². The molecule has 0 amide bonds. The lowest BCUT2D eigenvalue weighted by Gasteiger charge is -2.35. The number of aromatic hydroxyl groups is 1. The van der Waals surface area contributed by atoms with Crippen LogP contribution in [0.2, 0.25) is 0 Å². The number of rotatable bonds is 2. The summed E-state index contributed by atoms with van der Waals surface area (Å²) in [6.45, 7) is 0.933. The smallest absolute Gasteiger partial charge is 0.168 e. The first-order valence-electron chi connectivity index (χ1n) is 7.57. The largest absolute Gasteiger partial charge is 0.504 e. The van der Waals surface area contributed by atoms with E-state index in [4.69, 9.17) is 9.47 Å². The molecule has 0 unspecified atom stereocenters. The Hall–Kier alpha value is -1.91. The van der Waals surface area contributed by atoms with E-state index in [1.807, 2.05) is 18.2 Å². The molecule has 1 atom stereocenters. The first-order chi connectivity index (χ1) is 10.7. The third-order valence-electron chi connectivity index (χ3n) is 4.73. The SMILES string of the molecule is COc1cccc2c1-c1c(OC)c(O)cc3c1[C@@H](C2)NCC3.Cl. The zero-order chi connectivity index (χ0) is 15.3. The molecule has 4 rings (SSSR count). The standard InChI is InChI=1S/C18H19NO3.ClH/c1-21-14-5-3-4-10-8-12-15-11(6-7-19-12)9-13(20)18(22-2)17(15)16(10)14;/h3-5,9,12,19-20H,6-8H2,1-2H3;1H/t12-;/m1./s1. The van der Waals surface area contributed by atoms with Crippen LogP contribution in [-0.4, -0.2) is 25.9 Å². The van der Waals surface area contributed by atoms with Gasteiger partial charge < -0.3 is 19.9 Å². The average Bonchev–Trinajstić information content (AvgIpc) is 2.54. The van der Waals surface area contributed by atoms with E-state index in [1.54, 1.807) is 14.2 Å². The highest BCUT2D eigenvalue weighted by Gasteiger charge is 2.34. The summed E-state index contributed by atoms with van der Waals surface area (Å²) >= 11 is 0. The van der Waals surface area contributed by atoms with Crippen LogP contribution in [0.15, 0.2) is 24.3 Å². The molecule has 0 saturated carbocycles. The van der Waals surface area contributed by atoms with Crippen molar-refractivity contribution in [2.45, 2.75) is 18.9 Å². The zero-order valence-electron chi connectivity index (χ0n) is 13.2. The quantitative estimate of drug-likeness (QED) is 0.886. The number of methoxy groups -OCH3 is 2. The van der Waals surface area contributed by atoms with Crippen molar-refractivity contribution in [3.63, 3.8) is 0 Å². The highest BCUT2D eigenvalue weighted by atomic mass is 35.5.